The Morgan fingerprint density at radius 1 is 1.60 bits per heavy atom. The van der Waals surface area contributed by atoms with Crippen LogP contribution in [0.1, 0.15) is 0 Å². The predicted octanol–water partition coefficient (Wildman–Crippen LogP) is 1.12. The fraction of sp³-hybridized carbons (Fsp3) is 0. The van der Waals surface area contributed by atoms with Gasteiger partial charge in [-0.05, 0) is 0 Å². The van der Waals surface area contributed by atoms with Crippen LogP contribution in [0, 0.1) is 12.0 Å². The highest BCUT2D eigenvalue weighted by molar-refractivity contribution is 7.37. The fourth-order valence-electron chi connectivity index (χ4n) is 0. The molecule has 5 heavy (non-hydrogen) atoms. The van der Waals surface area contributed by atoms with E-state index in [4.69, 9.17) is 28.6 Å². The molecule has 1 radical (unpaired) electrons. The van der Waals surface area contributed by atoms with Crippen molar-refractivity contribution in [3.63, 3.8) is 0 Å². The highest BCUT2D eigenvalue weighted by atomic mass is 35.7. The van der Waals surface area contributed by atoms with Crippen molar-refractivity contribution >= 4 is 29.6 Å². The first-order valence-corrected chi connectivity index (χ1v) is 4.44. The lowest BCUT2D eigenvalue weighted by molar-refractivity contribution is 3.02. The Bertz CT molecular complexity index is 53.2. The first-order chi connectivity index (χ1) is 2.27. The van der Waals surface area contributed by atoms with E-state index in [0.29, 0.717) is 0 Å². The number of rotatable bonds is 0. The minimum Gasteiger partial charge on any atom is -0.129 e. The number of terminal acetylenes is 1. The molecule has 0 saturated heterocycles. The van der Waals surface area contributed by atoms with Crippen molar-refractivity contribution in [2.45, 2.75) is 0 Å². The lowest BCUT2D eigenvalue weighted by Gasteiger charge is -1.67. The third-order valence-electron chi connectivity index (χ3n) is 0.109. The van der Waals surface area contributed by atoms with Crippen LogP contribution in [0.25, 0.3) is 0 Å². The van der Waals surface area contributed by atoms with E-state index in [-0.39, 0.29) is 0 Å². The third kappa shape index (κ3) is 4.36. The van der Waals surface area contributed by atoms with E-state index in [9.17, 15) is 0 Å². The Morgan fingerprint density at radius 3 is 1.80 bits per heavy atom. The van der Waals surface area contributed by atoms with Crippen LogP contribution in [0.15, 0.2) is 0 Å². The summed E-state index contributed by atoms with van der Waals surface area (Å²) in [5.74, 6) is 0. The van der Waals surface area contributed by atoms with Crippen LogP contribution in [0.2, 0.25) is 0 Å². The Labute approximate surface area is 42.1 Å². The second-order valence-corrected chi connectivity index (χ2v) is 4.06. The zero-order valence-electron chi connectivity index (χ0n) is 2.33. The minimum absolute atomic E-state index is 1.40. The van der Waals surface area contributed by atoms with E-state index >= 15 is 0 Å². The maximum absolute atomic E-state index is 5.09. The van der Waals surface area contributed by atoms with Crippen LogP contribution in [-0.4, -0.2) is 7.42 Å². The lowest BCUT2D eigenvalue weighted by Crippen LogP contribution is -1.80. The maximum Gasteiger partial charge on any atom is 0.356 e. The molecule has 0 aromatic rings. The van der Waals surface area contributed by atoms with Crippen LogP contribution in [0.5, 0.6) is 0 Å². The molecule has 0 bridgehead atoms. The van der Waals surface area contributed by atoms with Crippen LogP contribution in [0.3, 0.4) is 0 Å². The maximum atomic E-state index is 5.09. The zero-order chi connectivity index (χ0) is 4.28. The highest BCUT2D eigenvalue weighted by Gasteiger charge is 1.89. The van der Waals surface area contributed by atoms with Gasteiger partial charge in [-0.25, -0.2) is 0 Å². The van der Waals surface area contributed by atoms with Crippen molar-refractivity contribution in [2.75, 3.05) is 0 Å². The first kappa shape index (κ1) is 5.36. The van der Waals surface area contributed by atoms with Crippen molar-refractivity contribution < 1.29 is 0 Å². The Kier molecular flexibility index (Phi) is 2.77. The summed E-state index contributed by atoms with van der Waals surface area (Å²) in [6.45, 7) is 0. The summed E-state index contributed by atoms with van der Waals surface area (Å²) >= 11 is 10.2. The zero-order valence-corrected chi connectivity index (χ0v) is 4.85. The van der Waals surface area contributed by atoms with Crippen LogP contribution in [0.4, 0.5) is 0 Å². The summed E-state index contributed by atoms with van der Waals surface area (Å²) in [6.07, 6.45) is 4.70. The van der Waals surface area contributed by atoms with Gasteiger partial charge in [-0.2, -0.15) is 0 Å². The molecular weight excluding hydrogens is 123 g/mol. The molecule has 0 N–H and O–H groups in total. The van der Waals surface area contributed by atoms with Crippen molar-refractivity contribution in [1.29, 1.82) is 0 Å². The summed E-state index contributed by atoms with van der Waals surface area (Å²) in [5.41, 5.74) is 2.16. The van der Waals surface area contributed by atoms with E-state index in [1.807, 2.05) is 0 Å². The lowest BCUT2D eigenvalue weighted by atomic mass is 11.4. The molecule has 0 amide bonds. The van der Waals surface area contributed by atoms with Crippen LogP contribution < -0.4 is 0 Å². The molecule has 0 fully saturated rings. The largest absolute Gasteiger partial charge is 0.356 e. The van der Waals surface area contributed by atoms with Crippen molar-refractivity contribution in [3.8, 4) is 12.0 Å². The van der Waals surface area contributed by atoms with Gasteiger partial charge in [0.25, 0.3) is 0 Å². The molecule has 0 aromatic heterocycles. The SMILES string of the molecule is C#C[Si](Cl)Cl. The van der Waals surface area contributed by atoms with Crippen molar-refractivity contribution in [2.24, 2.45) is 0 Å². The van der Waals surface area contributed by atoms with Gasteiger partial charge in [-0.15, -0.1) is 28.6 Å². The quantitative estimate of drug-likeness (QED) is 0.258. The van der Waals surface area contributed by atoms with Gasteiger partial charge in [-0.1, -0.05) is 5.54 Å². The molecule has 0 aromatic carbocycles. The molecule has 0 unspecified atom stereocenters. The normalized spacial score (nSPS) is 7.60. The monoisotopic (exact) mass is 123 g/mol. The van der Waals surface area contributed by atoms with E-state index in [1.165, 1.54) is 0 Å². The predicted molar refractivity (Wildman–Crippen MR) is 26.3 cm³/mol. The van der Waals surface area contributed by atoms with Gasteiger partial charge in [0, 0.05) is 0 Å². The van der Waals surface area contributed by atoms with E-state index < -0.39 is 7.42 Å². The molecule has 3 heteroatoms. The van der Waals surface area contributed by atoms with E-state index in [2.05, 4.69) is 5.54 Å². The van der Waals surface area contributed by atoms with Gasteiger partial charge in [0.05, 0.1) is 0 Å². The molecule has 0 nitrogen and oxygen atoms in total. The second-order valence-electron chi connectivity index (χ2n) is 0.405. The average molecular weight is 124 g/mol. The minimum atomic E-state index is -1.40. The topological polar surface area (TPSA) is 0 Å². The summed E-state index contributed by atoms with van der Waals surface area (Å²) < 4.78 is 0. The number of halogens is 2. The summed E-state index contributed by atoms with van der Waals surface area (Å²) in [6, 6.07) is 0. The van der Waals surface area contributed by atoms with Gasteiger partial charge in [0.2, 0.25) is 0 Å². The number of hydrogen-bond donors (Lipinski definition) is 0. The van der Waals surface area contributed by atoms with Gasteiger partial charge < -0.3 is 0 Å². The summed E-state index contributed by atoms with van der Waals surface area (Å²) in [4.78, 5) is 0. The molecule has 0 saturated carbocycles. The third-order valence-corrected chi connectivity index (χ3v) is 0.982. The molecule has 0 aliphatic heterocycles. The Balaban J connectivity index is 2.94. The number of hydrogen-bond acceptors (Lipinski definition) is 0. The molecule has 0 aliphatic carbocycles. The molecule has 0 heterocycles. The first-order valence-electron chi connectivity index (χ1n) is 0.917. The Hall–Kier alpha value is 0.357. The summed E-state index contributed by atoms with van der Waals surface area (Å²) in [7, 11) is -1.40. The second kappa shape index (κ2) is 2.59. The van der Waals surface area contributed by atoms with Gasteiger partial charge in [0.1, 0.15) is 0 Å². The fourth-order valence-corrected chi connectivity index (χ4v) is 0. The van der Waals surface area contributed by atoms with Gasteiger partial charge >= 0.3 is 7.42 Å². The average Bonchev–Trinajstić information content (AvgIpc) is 1.38. The van der Waals surface area contributed by atoms with Gasteiger partial charge in [0.15, 0.2) is 0 Å². The Morgan fingerprint density at radius 2 is 1.80 bits per heavy atom. The highest BCUT2D eigenvalue weighted by Crippen LogP contribution is 1.88. The van der Waals surface area contributed by atoms with E-state index in [1.54, 1.807) is 0 Å². The van der Waals surface area contributed by atoms with Gasteiger partial charge in [-0.3, -0.25) is 0 Å². The molecular formula is C2HCl2Si. The van der Waals surface area contributed by atoms with Crippen LogP contribution in [-0.2, 0) is 0 Å². The molecule has 0 aliphatic rings. The van der Waals surface area contributed by atoms with Crippen molar-refractivity contribution in [3.05, 3.63) is 0 Å². The molecule has 0 rings (SSSR count). The standard InChI is InChI=1S/C2HCl2Si/c1-2-5(3)4/h1H. The van der Waals surface area contributed by atoms with Crippen molar-refractivity contribution in [1.82, 2.24) is 0 Å². The molecule has 27 valence electrons. The smallest absolute Gasteiger partial charge is 0.129 e. The summed E-state index contributed by atoms with van der Waals surface area (Å²) in [5, 5.41) is 0. The van der Waals surface area contributed by atoms with E-state index in [0.717, 1.165) is 0 Å². The van der Waals surface area contributed by atoms with Crippen LogP contribution >= 0.6 is 22.2 Å². The molecule has 0 atom stereocenters. The molecule has 0 spiro atoms.